The Labute approximate surface area is 191 Å². The molecule has 0 spiro atoms. The number of morpholine rings is 1. The Balaban J connectivity index is 1.30. The van der Waals surface area contributed by atoms with E-state index in [0.717, 1.165) is 28.8 Å². The number of hydrogen-bond acceptors (Lipinski definition) is 5. The SMILES string of the molecule is Cc1nn(C2CCCCC2)c2sc(C(=O)Nc3ccc(C(=O)N4CCOCC4)cc3)cc12. The van der Waals surface area contributed by atoms with Crippen molar-refractivity contribution in [2.45, 2.75) is 45.1 Å². The van der Waals surface area contributed by atoms with Crippen LogP contribution >= 0.6 is 11.3 Å². The molecule has 2 aromatic heterocycles. The van der Waals surface area contributed by atoms with Gasteiger partial charge in [0.1, 0.15) is 4.83 Å². The molecular formula is C24H28N4O3S. The van der Waals surface area contributed by atoms with Gasteiger partial charge >= 0.3 is 0 Å². The second kappa shape index (κ2) is 9.03. The van der Waals surface area contributed by atoms with E-state index >= 15 is 0 Å². The summed E-state index contributed by atoms with van der Waals surface area (Å²) in [5.41, 5.74) is 2.28. The fourth-order valence-corrected chi connectivity index (χ4v) is 5.72. The fourth-order valence-electron chi connectivity index (χ4n) is 4.59. The molecule has 1 saturated carbocycles. The highest BCUT2D eigenvalue weighted by atomic mass is 32.1. The number of thiophene rings is 1. The third-order valence-electron chi connectivity index (χ3n) is 6.40. The lowest BCUT2D eigenvalue weighted by Gasteiger charge is -2.26. The summed E-state index contributed by atoms with van der Waals surface area (Å²) in [6, 6.07) is 9.49. The molecule has 1 aromatic carbocycles. The molecule has 2 amide bonds. The first kappa shape index (κ1) is 21.2. The van der Waals surface area contributed by atoms with E-state index < -0.39 is 0 Å². The van der Waals surface area contributed by atoms with Gasteiger partial charge in [0.05, 0.1) is 29.8 Å². The van der Waals surface area contributed by atoms with Gasteiger partial charge in [-0.3, -0.25) is 14.3 Å². The van der Waals surface area contributed by atoms with E-state index in [1.165, 1.54) is 30.6 Å². The Morgan fingerprint density at radius 3 is 2.53 bits per heavy atom. The second-order valence-corrected chi connectivity index (χ2v) is 9.62. The van der Waals surface area contributed by atoms with Crippen molar-refractivity contribution in [3.8, 4) is 0 Å². The van der Waals surface area contributed by atoms with Crippen LogP contribution in [0.2, 0.25) is 0 Å². The molecule has 0 unspecified atom stereocenters. The van der Waals surface area contributed by atoms with Gasteiger partial charge in [0.2, 0.25) is 0 Å². The third-order valence-corrected chi connectivity index (χ3v) is 7.52. The molecule has 1 saturated heterocycles. The van der Waals surface area contributed by atoms with Crippen LogP contribution in [0.1, 0.15) is 63.9 Å². The first-order chi connectivity index (χ1) is 15.6. The molecule has 0 atom stereocenters. The highest BCUT2D eigenvalue weighted by Gasteiger charge is 2.23. The maximum atomic E-state index is 12.9. The molecule has 7 nitrogen and oxygen atoms in total. The molecule has 0 bridgehead atoms. The van der Waals surface area contributed by atoms with Crippen LogP contribution in [0.3, 0.4) is 0 Å². The third kappa shape index (κ3) is 4.17. The lowest BCUT2D eigenvalue weighted by atomic mass is 9.96. The van der Waals surface area contributed by atoms with Gasteiger partial charge in [-0.05, 0) is 50.1 Å². The van der Waals surface area contributed by atoms with Gasteiger partial charge in [-0.2, -0.15) is 5.10 Å². The minimum atomic E-state index is -0.131. The molecule has 0 radical (unpaired) electrons. The Morgan fingerprint density at radius 1 is 1.09 bits per heavy atom. The minimum Gasteiger partial charge on any atom is -0.378 e. The molecule has 2 aliphatic rings. The van der Waals surface area contributed by atoms with Gasteiger partial charge < -0.3 is 15.0 Å². The van der Waals surface area contributed by atoms with Crippen LogP contribution in [0.15, 0.2) is 30.3 Å². The molecule has 168 valence electrons. The number of aryl methyl sites for hydroxylation is 1. The van der Waals surface area contributed by atoms with Gasteiger partial charge in [0.25, 0.3) is 11.8 Å². The van der Waals surface area contributed by atoms with Gasteiger partial charge in [-0.15, -0.1) is 11.3 Å². The number of nitrogens with zero attached hydrogens (tertiary/aromatic N) is 3. The van der Waals surface area contributed by atoms with Crippen LogP contribution < -0.4 is 5.32 Å². The molecule has 32 heavy (non-hydrogen) atoms. The van der Waals surface area contributed by atoms with Gasteiger partial charge in [0, 0.05) is 29.7 Å². The summed E-state index contributed by atoms with van der Waals surface area (Å²) < 4.78 is 7.46. The number of carbonyl (C=O) groups excluding carboxylic acids is 2. The molecule has 1 N–H and O–H groups in total. The van der Waals surface area contributed by atoms with E-state index in [1.54, 1.807) is 29.2 Å². The standard InChI is InChI=1S/C24H28N4O3S/c1-16-20-15-21(32-24(20)28(26-16)19-5-3-2-4-6-19)22(29)25-18-9-7-17(8-10-18)23(30)27-11-13-31-14-12-27/h7-10,15,19H,2-6,11-14H2,1H3,(H,25,29). The largest absolute Gasteiger partial charge is 0.378 e. The number of anilines is 1. The Bertz CT molecular complexity index is 1120. The van der Waals surface area contributed by atoms with Crippen molar-refractivity contribution in [2.75, 3.05) is 31.6 Å². The molecule has 5 rings (SSSR count). The van der Waals surface area contributed by atoms with Crippen molar-refractivity contribution in [3.63, 3.8) is 0 Å². The highest BCUT2D eigenvalue weighted by Crippen LogP contribution is 2.35. The maximum absolute atomic E-state index is 12.9. The summed E-state index contributed by atoms with van der Waals surface area (Å²) in [5.74, 6) is -0.133. The number of amides is 2. The van der Waals surface area contributed by atoms with Crippen molar-refractivity contribution < 1.29 is 14.3 Å². The van der Waals surface area contributed by atoms with E-state index in [2.05, 4.69) is 10.00 Å². The lowest BCUT2D eigenvalue weighted by Crippen LogP contribution is -2.40. The summed E-state index contributed by atoms with van der Waals surface area (Å²) in [6.45, 7) is 4.39. The number of aromatic nitrogens is 2. The summed E-state index contributed by atoms with van der Waals surface area (Å²) >= 11 is 1.51. The molecule has 1 aliphatic carbocycles. The summed E-state index contributed by atoms with van der Waals surface area (Å²) in [5, 5.41) is 8.81. The normalized spacial score (nSPS) is 17.6. The maximum Gasteiger partial charge on any atom is 0.265 e. The Morgan fingerprint density at radius 2 is 1.81 bits per heavy atom. The molecule has 3 aromatic rings. The minimum absolute atomic E-state index is 0.00146. The first-order valence-corrected chi connectivity index (χ1v) is 12.2. The Hall–Kier alpha value is -2.71. The van der Waals surface area contributed by atoms with Crippen molar-refractivity contribution in [1.82, 2.24) is 14.7 Å². The topological polar surface area (TPSA) is 76.5 Å². The smallest absolute Gasteiger partial charge is 0.265 e. The highest BCUT2D eigenvalue weighted by molar-refractivity contribution is 7.20. The van der Waals surface area contributed by atoms with Crippen LogP contribution in [0.4, 0.5) is 5.69 Å². The first-order valence-electron chi connectivity index (χ1n) is 11.4. The zero-order chi connectivity index (χ0) is 22.1. The van der Waals surface area contributed by atoms with Crippen molar-refractivity contribution >= 4 is 39.1 Å². The van der Waals surface area contributed by atoms with Gasteiger partial charge in [0.15, 0.2) is 0 Å². The van der Waals surface area contributed by atoms with Crippen molar-refractivity contribution in [1.29, 1.82) is 0 Å². The number of nitrogens with one attached hydrogen (secondary N) is 1. The zero-order valence-electron chi connectivity index (χ0n) is 18.3. The monoisotopic (exact) mass is 452 g/mol. The number of hydrogen-bond donors (Lipinski definition) is 1. The number of benzene rings is 1. The molecule has 1 aliphatic heterocycles. The average molecular weight is 453 g/mol. The number of carbonyl (C=O) groups is 2. The molecular weight excluding hydrogens is 424 g/mol. The lowest BCUT2D eigenvalue weighted by molar-refractivity contribution is 0.0303. The second-order valence-electron chi connectivity index (χ2n) is 8.59. The van der Waals surface area contributed by atoms with E-state index in [-0.39, 0.29) is 11.8 Å². The predicted octanol–water partition coefficient (Wildman–Crippen LogP) is 4.64. The predicted molar refractivity (Wildman–Crippen MR) is 126 cm³/mol. The number of rotatable bonds is 4. The number of fused-ring (bicyclic) bond motifs is 1. The summed E-state index contributed by atoms with van der Waals surface area (Å²) in [7, 11) is 0. The van der Waals surface area contributed by atoms with E-state index in [9.17, 15) is 9.59 Å². The van der Waals surface area contributed by atoms with E-state index in [1.807, 2.05) is 13.0 Å². The van der Waals surface area contributed by atoms with Crippen molar-refractivity contribution in [2.24, 2.45) is 0 Å². The molecule has 3 heterocycles. The zero-order valence-corrected chi connectivity index (χ0v) is 19.1. The van der Waals surface area contributed by atoms with E-state index in [4.69, 9.17) is 9.84 Å². The summed E-state index contributed by atoms with van der Waals surface area (Å²) in [6.07, 6.45) is 6.10. The van der Waals surface area contributed by atoms with Crippen molar-refractivity contribution in [3.05, 3.63) is 46.5 Å². The fraction of sp³-hybridized carbons (Fsp3) is 0.458. The van der Waals surface area contributed by atoms with Gasteiger partial charge in [-0.25, -0.2) is 0 Å². The van der Waals surface area contributed by atoms with Crippen LogP contribution in [0.5, 0.6) is 0 Å². The summed E-state index contributed by atoms with van der Waals surface area (Å²) in [4.78, 5) is 29.1. The molecule has 8 heteroatoms. The van der Waals surface area contributed by atoms with E-state index in [0.29, 0.717) is 48.5 Å². The van der Waals surface area contributed by atoms with Gasteiger partial charge in [-0.1, -0.05) is 19.3 Å². The quantitative estimate of drug-likeness (QED) is 0.626. The Kier molecular flexibility index (Phi) is 5.97. The number of ether oxygens (including phenoxy) is 1. The van der Waals surface area contributed by atoms with Crippen LogP contribution in [0.25, 0.3) is 10.2 Å². The average Bonchev–Trinajstić information content (AvgIpc) is 3.41. The van der Waals surface area contributed by atoms with Crippen LogP contribution in [-0.2, 0) is 4.74 Å². The van der Waals surface area contributed by atoms with Crippen LogP contribution in [-0.4, -0.2) is 52.8 Å². The molecule has 2 fully saturated rings. The van der Waals surface area contributed by atoms with Crippen LogP contribution in [0, 0.1) is 6.92 Å².